The summed E-state index contributed by atoms with van der Waals surface area (Å²) in [5.74, 6) is -1.10. The van der Waals surface area contributed by atoms with Gasteiger partial charge in [-0.3, -0.25) is 4.79 Å². The highest BCUT2D eigenvalue weighted by Crippen LogP contribution is 2.34. The lowest BCUT2D eigenvalue weighted by molar-refractivity contribution is -0.140. The summed E-state index contributed by atoms with van der Waals surface area (Å²) >= 11 is 6.83. The smallest absolute Gasteiger partial charge is 0.322 e. The van der Waals surface area contributed by atoms with E-state index >= 15 is 0 Å². The Labute approximate surface area is 114 Å². The van der Waals surface area contributed by atoms with Crippen LogP contribution in [-0.2, 0) is 14.8 Å². The van der Waals surface area contributed by atoms with Crippen molar-refractivity contribution in [1.29, 1.82) is 0 Å². The molecule has 0 radical (unpaired) electrons. The SMILES string of the molecule is Cc1cc(S(=O)(=O)N2CCC[C@@H]2C(=O)O)sc1Cl. The number of aryl methyl sites for hydroxylation is 1. The van der Waals surface area contributed by atoms with Crippen molar-refractivity contribution in [2.24, 2.45) is 0 Å². The number of thiophene rings is 1. The highest BCUT2D eigenvalue weighted by Gasteiger charge is 2.40. The first-order chi connectivity index (χ1) is 8.34. The number of aliphatic carboxylic acids is 1. The monoisotopic (exact) mass is 309 g/mol. The molecule has 0 bridgehead atoms. The molecule has 2 rings (SSSR count). The van der Waals surface area contributed by atoms with E-state index in [2.05, 4.69) is 0 Å². The molecule has 0 saturated carbocycles. The zero-order valence-corrected chi connectivity index (χ0v) is 12.0. The third-order valence-corrected chi connectivity index (χ3v) is 6.80. The Balaban J connectivity index is 2.39. The summed E-state index contributed by atoms with van der Waals surface area (Å²) in [6.45, 7) is 1.96. The lowest BCUT2D eigenvalue weighted by Crippen LogP contribution is -2.40. The van der Waals surface area contributed by atoms with E-state index in [9.17, 15) is 13.2 Å². The lowest BCUT2D eigenvalue weighted by atomic mass is 10.2. The van der Waals surface area contributed by atoms with E-state index in [0.29, 0.717) is 22.7 Å². The van der Waals surface area contributed by atoms with Gasteiger partial charge < -0.3 is 5.11 Å². The van der Waals surface area contributed by atoms with Crippen molar-refractivity contribution in [3.05, 3.63) is 16.0 Å². The van der Waals surface area contributed by atoms with Gasteiger partial charge in [-0.2, -0.15) is 4.31 Å². The molecular formula is C10H12ClNO4S2. The molecule has 1 aromatic heterocycles. The van der Waals surface area contributed by atoms with E-state index in [4.69, 9.17) is 16.7 Å². The van der Waals surface area contributed by atoms with Gasteiger partial charge >= 0.3 is 5.97 Å². The summed E-state index contributed by atoms with van der Waals surface area (Å²) in [4.78, 5) is 11.0. The lowest BCUT2D eigenvalue weighted by Gasteiger charge is -2.19. The van der Waals surface area contributed by atoms with E-state index in [1.54, 1.807) is 6.92 Å². The first-order valence-electron chi connectivity index (χ1n) is 5.34. The van der Waals surface area contributed by atoms with Crippen LogP contribution in [0.5, 0.6) is 0 Å². The average molecular weight is 310 g/mol. The van der Waals surface area contributed by atoms with Crippen LogP contribution in [0.3, 0.4) is 0 Å². The van der Waals surface area contributed by atoms with Crippen molar-refractivity contribution >= 4 is 38.9 Å². The second-order valence-corrected chi connectivity index (χ2v) is 7.91. The Morgan fingerprint density at radius 2 is 2.28 bits per heavy atom. The summed E-state index contributed by atoms with van der Waals surface area (Å²) in [7, 11) is -3.75. The average Bonchev–Trinajstić information content (AvgIpc) is 2.87. The minimum atomic E-state index is -3.75. The van der Waals surface area contributed by atoms with Gasteiger partial charge in [-0.15, -0.1) is 11.3 Å². The molecule has 1 aliphatic heterocycles. The van der Waals surface area contributed by atoms with E-state index in [1.807, 2.05) is 0 Å². The number of hydrogen-bond donors (Lipinski definition) is 1. The molecule has 0 aliphatic carbocycles. The van der Waals surface area contributed by atoms with E-state index in [1.165, 1.54) is 6.07 Å². The first kappa shape index (κ1) is 13.8. The molecule has 0 amide bonds. The van der Waals surface area contributed by atoms with Crippen LogP contribution in [0.15, 0.2) is 10.3 Å². The number of nitrogens with zero attached hydrogens (tertiary/aromatic N) is 1. The maximum absolute atomic E-state index is 12.3. The molecule has 1 aromatic rings. The molecule has 2 heterocycles. The van der Waals surface area contributed by atoms with E-state index in [0.717, 1.165) is 15.6 Å². The quantitative estimate of drug-likeness (QED) is 0.926. The molecule has 0 unspecified atom stereocenters. The molecule has 1 saturated heterocycles. The summed E-state index contributed by atoms with van der Waals surface area (Å²) in [5.41, 5.74) is 0.686. The third-order valence-electron chi connectivity index (χ3n) is 2.89. The van der Waals surface area contributed by atoms with Crippen molar-refractivity contribution in [2.75, 3.05) is 6.54 Å². The van der Waals surface area contributed by atoms with Crippen molar-refractivity contribution in [3.63, 3.8) is 0 Å². The predicted octanol–water partition coefficient (Wildman–Crippen LogP) is 1.95. The molecule has 1 atom stereocenters. The zero-order chi connectivity index (χ0) is 13.5. The Morgan fingerprint density at radius 1 is 1.61 bits per heavy atom. The fourth-order valence-corrected chi connectivity index (χ4v) is 5.44. The van der Waals surface area contributed by atoms with Gasteiger partial charge in [-0.05, 0) is 31.4 Å². The normalized spacial score (nSPS) is 21.3. The number of carboxylic acids is 1. The third kappa shape index (κ3) is 2.27. The van der Waals surface area contributed by atoms with E-state index in [-0.39, 0.29) is 10.8 Å². The first-order valence-corrected chi connectivity index (χ1v) is 7.98. The summed E-state index contributed by atoms with van der Waals surface area (Å²) in [5, 5.41) is 9.02. The molecule has 0 aromatic carbocycles. The Hall–Kier alpha value is -0.630. The van der Waals surface area contributed by atoms with Crippen LogP contribution in [0.4, 0.5) is 0 Å². The maximum Gasteiger partial charge on any atom is 0.322 e. The number of halogens is 1. The fourth-order valence-electron chi connectivity index (χ4n) is 1.95. The molecule has 1 N–H and O–H groups in total. The Morgan fingerprint density at radius 3 is 2.78 bits per heavy atom. The highest BCUT2D eigenvalue weighted by atomic mass is 35.5. The number of rotatable bonds is 3. The van der Waals surface area contributed by atoms with Gasteiger partial charge in [-0.1, -0.05) is 11.6 Å². The second-order valence-electron chi connectivity index (χ2n) is 4.13. The largest absolute Gasteiger partial charge is 0.480 e. The van der Waals surface area contributed by atoms with E-state index < -0.39 is 22.0 Å². The van der Waals surface area contributed by atoms with Crippen LogP contribution in [-0.4, -0.2) is 36.4 Å². The molecule has 1 aliphatic rings. The standard InChI is InChI=1S/C10H12ClNO4S2/c1-6-5-8(17-9(6)11)18(15,16)12-4-2-3-7(12)10(13)14/h5,7H,2-4H2,1H3,(H,13,14)/t7-/m1/s1. The minimum absolute atomic E-state index is 0.109. The van der Waals surface area contributed by atoms with Crippen LogP contribution in [0, 0.1) is 6.92 Å². The van der Waals surface area contributed by atoms with Crippen molar-refractivity contribution in [1.82, 2.24) is 4.31 Å². The molecule has 5 nitrogen and oxygen atoms in total. The van der Waals surface area contributed by atoms with Crippen LogP contribution >= 0.6 is 22.9 Å². The van der Waals surface area contributed by atoms with Gasteiger partial charge in [0.05, 0.1) is 4.34 Å². The van der Waals surface area contributed by atoms with Gasteiger partial charge in [-0.25, -0.2) is 8.42 Å². The number of hydrogen-bond acceptors (Lipinski definition) is 4. The topological polar surface area (TPSA) is 74.7 Å². The predicted molar refractivity (Wildman–Crippen MR) is 68.6 cm³/mol. The van der Waals surface area contributed by atoms with Crippen LogP contribution < -0.4 is 0 Å². The number of carbonyl (C=O) groups is 1. The van der Waals surface area contributed by atoms with Crippen molar-refractivity contribution in [3.8, 4) is 0 Å². The summed E-state index contributed by atoms with van der Waals surface area (Å²) < 4.78 is 26.2. The fraction of sp³-hybridized carbons (Fsp3) is 0.500. The Bertz CT molecular complexity index is 561. The van der Waals surface area contributed by atoms with Gasteiger partial charge in [0, 0.05) is 6.54 Å². The van der Waals surface area contributed by atoms with Crippen LogP contribution in [0.2, 0.25) is 4.34 Å². The van der Waals surface area contributed by atoms with Crippen molar-refractivity contribution < 1.29 is 18.3 Å². The highest BCUT2D eigenvalue weighted by molar-refractivity contribution is 7.91. The molecule has 8 heteroatoms. The van der Waals surface area contributed by atoms with Gasteiger partial charge in [0.25, 0.3) is 10.0 Å². The minimum Gasteiger partial charge on any atom is -0.480 e. The van der Waals surface area contributed by atoms with Crippen LogP contribution in [0.25, 0.3) is 0 Å². The number of sulfonamides is 1. The Kier molecular flexibility index (Phi) is 3.68. The van der Waals surface area contributed by atoms with Gasteiger partial charge in [0.15, 0.2) is 0 Å². The molecule has 18 heavy (non-hydrogen) atoms. The van der Waals surface area contributed by atoms with Crippen molar-refractivity contribution in [2.45, 2.75) is 30.0 Å². The molecule has 1 fully saturated rings. The zero-order valence-electron chi connectivity index (χ0n) is 9.59. The molecule has 100 valence electrons. The van der Waals surface area contributed by atoms with Crippen LogP contribution in [0.1, 0.15) is 18.4 Å². The maximum atomic E-state index is 12.3. The molecular weight excluding hydrogens is 298 g/mol. The summed E-state index contributed by atoms with van der Waals surface area (Å²) in [6, 6.07) is 0.524. The summed E-state index contributed by atoms with van der Waals surface area (Å²) in [6.07, 6.45) is 0.918. The van der Waals surface area contributed by atoms with Gasteiger partial charge in [0.1, 0.15) is 10.3 Å². The number of carboxylic acid groups (broad SMARTS) is 1. The second kappa shape index (κ2) is 4.80. The molecule has 0 spiro atoms. The van der Waals surface area contributed by atoms with Gasteiger partial charge in [0.2, 0.25) is 0 Å².